The number of benzene rings is 3. The molecule has 0 atom stereocenters. The predicted molar refractivity (Wildman–Crippen MR) is 120 cm³/mol. The third kappa shape index (κ3) is 3.61. The molecule has 1 N–H and O–H groups in total. The van der Waals surface area contributed by atoms with Gasteiger partial charge in [0.05, 0.1) is 33.0 Å². The predicted octanol–water partition coefficient (Wildman–Crippen LogP) is 5.60. The lowest BCUT2D eigenvalue weighted by Crippen LogP contribution is -1.99. The number of fused-ring (bicyclic) bond motifs is 5. The van der Waals surface area contributed by atoms with Crippen molar-refractivity contribution in [3.05, 3.63) is 36.5 Å². The van der Waals surface area contributed by atoms with Crippen LogP contribution in [0.25, 0.3) is 32.4 Å². The molecule has 31 heavy (non-hydrogen) atoms. The van der Waals surface area contributed by atoms with Gasteiger partial charge in [-0.05, 0) is 49.1 Å². The van der Waals surface area contributed by atoms with Crippen LogP contribution in [0.3, 0.4) is 0 Å². The van der Waals surface area contributed by atoms with E-state index in [1.54, 1.807) is 25.4 Å². The largest absolute Gasteiger partial charge is 0.493 e. The van der Waals surface area contributed by atoms with E-state index in [0.717, 1.165) is 38.9 Å². The normalized spacial score (nSPS) is 11.1. The fourth-order valence-electron chi connectivity index (χ4n) is 3.77. The molecule has 0 fully saturated rings. The lowest BCUT2D eigenvalue weighted by atomic mass is 9.99. The van der Waals surface area contributed by atoms with Crippen LogP contribution in [0, 0.1) is 0 Å². The van der Waals surface area contributed by atoms with Crippen molar-refractivity contribution < 1.29 is 29.1 Å². The molecule has 0 radical (unpaired) electrons. The molecule has 7 nitrogen and oxygen atoms in total. The minimum absolute atomic E-state index is 0.204. The first-order chi connectivity index (χ1) is 15.1. The first-order valence-electron chi connectivity index (χ1n) is 10.2. The number of nitrogens with zero attached hydrogens (tertiary/aromatic N) is 1. The van der Waals surface area contributed by atoms with Crippen LogP contribution in [-0.2, 0) is 0 Å². The van der Waals surface area contributed by atoms with Crippen LogP contribution in [0.1, 0.15) is 20.3 Å². The second-order valence-corrected chi connectivity index (χ2v) is 7.04. The zero-order valence-corrected chi connectivity index (χ0v) is 18.0. The standard InChI is InChI=1S/C24H25NO6/c1-5-7-30-19-11-17-15-9-22(29-6-2)20(27-3)8-14(15)13-25-24(17)18-12-23(31-26)21(28-4)10-16(18)19/h8-13,26H,5-7H2,1-4H3. The molecule has 0 unspecified atom stereocenters. The summed E-state index contributed by atoms with van der Waals surface area (Å²) in [7, 11) is 3.14. The van der Waals surface area contributed by atoms with Crippen molar-refractivity contribution >= 4 is 32.4 Å². The fraction of sp³-hybridized carbons (Fsp3) is 0.292. The van der Waals surface area contributed by atoms with Gasteiger partial charge in [0.15, 0.2) is 17.2 Å². The molecule has 1 heterocycles. The maximum atomic E-state index is 9.35. The van der Waals surface area contributed by atoms with E-state index in [2.05, 4.69) is 11.8 Å². The molecule has 7 heteroatoms. The molecular formula is C24H25NO6. The van der Waals surface area contributed by atoms with Gasteiger partial charge in [-0.25, -0.2) is 5.26 Å². The Labute approximate surface area is 180 Å². The van der Waals surface area contributed by atoms with Gasteiger partial charge < -0.3 is 23.8 Å². The Kier molecular flexibility index (Phi) is 5.86. The van der Waals surface area contributed by atoms with Crippen LogP contribution < -0.4 is 23.8 Å². The van der Waals surface area contributed by atoms with Crippen molar-refractivity contribution in [3.8, 4) is 28.7 Å². The molecule has 0 spiro atoms. The molecule has 0 saturated heterocycles. The lowest BCUT2D eigenvalue weighted by Gasteiger charge is -2.16. The van der Waals surface area contributed by atoms with Crippen molar-refractivity contribution in [1.29, 1.82) is 0 Å². The van der Waals surface area contributed by atoms with E-state index in [9.17, 15) is 5.26 Å². The summed E-state index contributed by atoms with van der Waals surface area (Å²) < 4.78 is 22.7. The van der Waals surface area contributed by atoms with Crippen molar-refractivity contribution in [2.45, 2.75) is 20.3 Å². The summed E-state index contributed by atoms with van der Waals surface area (Å²) in [4.78, 5) is 9.26. The fourth-order valence-corrected chi connectivity index (χ4v) is 3.77. The summed E-state index contributed by atoms with van der Waals surface area (Å²) in [5, 5.41) is 13.7. The molecule has 0 aliphatic rings. The van der Waals surface area contributed by atoms with E-state index in [1.165, 1.54) is 7.11 Å². The number of aromatic nitrogens is 1. The second kappa shape index (κ2) is 8.73. The SMILES string of the molecule is CCCOc1cc2c3cc(OCC)c(OC)cc3cnc2c2cc(OO)c(OC)cc12. The van der Waals surface area contributed by atoms with E-state index in [-0.39, 0.29) is 5.75 Å². The number of pyridine rings is 1. The van der Waals surface area contributed by atoms with Crippen LogP contribution in [0.15, 0.2) is 36.5 Å². The molecule has 162 valence electrons. The van der Waals surface area contributed by atoms with Gasteiger partial charge in [0.25, 0.3) is 0 Å². The van der Waals surface area contributed by atoms with Crippen molar-refractivity contribution in [1.82, 2.24) is 4.98 Å². The molecule has 0 amide bonds. The van der Waals surface area contributed by atoms with E-state index in [4.69, 9.17) is 23.9 Å². The first kappa shape index (κ1) is 20.8. The summed E-state index contributed by atoms with van der Waals surface area (Å²) in [6, 6.07) is 9.37. The topological polar surface area (TPSA) is 79.3 Å². The highest BCUT2D eigenvalue weighted by Crippen LogP contribution is 2.43. The van der Waals surface area contributed by atoms with Gasteiger partial charge >= 0.3 is 0 Å². The van der Waals surface area contributed by atoms with E-state index >= 15 is 0 Å². The number of methoxy groups -OCH3 is 2. The van der Waals surface area contributed by atoms with Gasteiger partial charge in [-0.2, -0.15) is 0 Å². The zero-order valence-electron chi connectivity index (χ0n) is 18.0. The molecular weight excluding hydrogens is 398 g/mol. The van der Waals surface area contributed by atoms with Crippen molar-refractivity contribution in [2.24, 2.45) is 0 Å². The Morgan fingerprint density at radius 2 is 1.39 bits per heavy atom. The van der Waals surface area contributed by atoms with Gasteiger partial charge in [-0.15, -0.1) is 0 Å². The minimum Gasteiger partial charge on any atom is -0.493 e. The van der Waals surface area contributed by atoms with Crippen LogP contribution in [-0.4, -0.2) is 37.7 Å². The molecule has 4 rings (SSSR count). The van der Waals surface area contributed by atoms with Gasteiger partial charge in [-0.1, -0.05) is 6.92 Å². The summed E-state index contributed by atoms with van der Waals surface area (Å²) in [6.07, 6.45) is 2.67. The van der Waals surface area contributed by atoms with Crippen LogP contribution >= 0.6 is 0 Å². The van der Waals surface area contributed by atoms with Gasteiger partial charge in [-0.3, -0.25) is 4.98 Å². The van der Waals surface area contributed by atoms with E-state index in [0.29, 0.717) is 36.2 Å². The second-order valence-electron chi connectivity index (χ2n) is 7.04. The van der Waals surface area contributed by atoms with Crippen molar-refractivity contribution in [3.63, 3.8) is 0 Å². The summed E-state index contributed by atoms with van der Waals surface area (Å²) >= 11 is 0. The van der Waals surface area contributed by atoms with E-state index in [1.807, 2.05) is 25.1 Å². The Morgan fingerprint density at radius 3 is 2.06 bits per heavy atom. The van der Waals surface area contributed by atoms with Gasteiger partial charge in [0.1, 0.15) is 5.75 Å². The summed E-state index contributed by atoms with van der Waals surface area (Å²) in [5.41, 5.74) is 0.750. The highest BCUT2D eigenvalue weighted by atomic mass is 17.1. The Bertz CT molecular complexity index is 1250. The maximum absolute atomic E-state index is 9.35. The molecule has 0 bridgehead atoms. The Balaban J connectivity index is 2.11. The molecule has 0 saturated carbocycles. The maximum Gasteiger partial charge on any atom is 0.207 e. The Hall–Kier alpha value is -3.45. The third-order valence-electron chi connectivity index (χ3n) is 5.17. The number of ether oxygens (including phenoxy) is 4. The third-order valence-corrected chi connectivity index (χ3v) is 5.17. The monoisotopic (exact) mass is 423 g/mol. The van der Waals surface area contributed by atoms with Gasteiger partial charge in [0, 0.05) is 27.7 Å². The quantitative estimate of drug-likeness (QED) is 0.225. The molecule has 3 aromatic carbocycles. The van der Waals surface area contributed by atoms with E-state index < -0.39 is 0 Å². The van der Waals surface area contributed by atoms with Crippen LogP contribution in [0.2, 0.25) is 0 Å². The molecule has 4 aromatic rings. The average Bonchev–Trinajstić information content (AvgIpc) is 2.81. The highest BCUT2D eigenvalue weighted by Gasteiger charge is 2.17. The number of rotatable bonds is 8. The smallest absolute Gasteiger partial charge is 0.207 e. The van der Waals surface area contributed by atoms with Crippen LogP contribution in [0.4, 0.5) is 0 Å². The minimum atomic E-state index is 0.204. The molecule has 0 aliphatic heterocycles. The zero-order chi connectivity index (χ0) is 22.0. The molecule has 0 aliphatic carbocycles. The first-order valence-corrected chi connectivity index (χ1v) is 10.2. The number of hydrogen-bond acceptors (Lipinski definition) is 7. The Morgan fingerprint density at radius 1 is 0.742 bits per heavy atom. The van der Waals surface area contributed by atoms with Crippen LogP contribution in [0.5, 0.6) is 28.7 Å². The highest BCUT2D eigenvalue weighted by molar-refractivity contribution is 6.17. The summed E-state index contributed by atoms with van der Waals surface area (Å²) in [5.74, 6) is 2.63. The lowest BCUT2D eigenvalue weighted by molar-refractivity contribution is -0.138. The van der Waals surface area contributed by atoms with Gasteiger partial charge in [0.2, 0.25) is 5.75 Å². The summed E-state index contributed by atoms with van der Waals surface area (Å²) in [6.45, 7) is 5.08. The van der Waals surface area contributed by atoms with Crippen molar-refractivity contribution in [2.75, 3.05) is 27.4 Å². The number of hydrogen-bond donors (Lipinski definition) is 1. The molecule has 1 aromatic heterocycles. The average molecular weight is 423 g/mol.